The van der Waals surface area contributed by atoms with Crippen molar-refractivity contribution >= 4 is 34.8 Å². The van der Waals surface area contributed by atoms with Gasteiger partial charge >= 0.3 is 0 Å². The number of benzene rings is 2. The molecule has 2 aromatic carbocycles. The molecule has 20 heavy (non-hydrogen) atoms. The quantitative estimate of drug-likeness (QED) is 0.774. The molecular formula is C15H14Cl3NO. The van der Waals surface area contributed by atoms with Crippen molar-refractivity contribution in [2.75, 3.05) is 7.05 Å². The highest BCUT2D eigenvalue weighted by Gasteiger charge is 2.11. The van der Waals surface area contributed by atoms with Crippen molar-refractivity contribution in [2.24, 2.45) is 0 Å². The van der Waals surface area contributed by atoms with Gasteiger partial charge in [-0.25, -0.2) is 0 Å². The standard InChI is InChI=1S/C15H14Cl3NO/c1-9(19-2)10-6-7-13(12(17)8-10)20-14-5-3-4-11(16)15(14)18/h3-9,19H,1-2H3. The van der Waals surface area contributed by atoms with Gasteiger partial charge in [-0.3, -0.25) is 0 Å². The summed E-state index contributed by atoms with van der Waals surface area (Å²) in [7, 11) is 1.90. The van der Waals surface area contributed by atoms with Crippen molar-refractivity contribution in [3.8, 4) is 11.5 Å². The minimum Gasteiger partial charge on any atom is -0.454 e. The third kappa shape index (κ3) is 3.39. The van der Waals surface area contributed by atoms with Gasteiger partial charge in [-0.2, -0.15) is 0 Å². The van der Waals surface area contributed by atoms with E-state index in [1.807, 2.05) is 25.2 Å². The van der Waals surface area contributed by atoms with E-state index in [1.165, 1.54) is 0 Å². The first-order valence-electron chi connectivity index (χ1n) is 6.11. The van der Waals surface area contributed by atoms with Crippen LogP contribution in [0.2, 0.25) is 15.1 Å². The molecule has 106 valence electrons. The molecule has 0 aliphatic rings. The number of hydrogen-bond donors (Lipinski definition) is 1. The summed E-state index contributed by atoms with van der Waals surface area (Å²) < 4.78 is 5.72. The largest absolute Gasteiger partial charge is 0.454 e. The van der Waals surface area contributed by atoms with E-state index >= 15 is 0 Å². The average molecular weight is 331 g/mol. The van der Waals surface area contributed by atoms with Gasteiger partial charge in [0.05, 0.1) is 10.0 Å². The molecule has 0 aliphatic carbocycles. The molecule has 0 heterocycles. The van der Waals surface area contributed by atoms with Gasteiger partial charge in [0.1, 0.15) is 16.5 Å². The number of ether oxygens (including phenoxy) is 1. The topological polar surface area (TPSA) is 21.3 Å². The van der Waals surface area contributed by atoms with E-state index in [4.69, 9.17) is 39.5 Å². The fourth-order valence-electron chi connectivity index (χ4n) is 1.72. The highest BCUT2D eigenvalue weighted by Crippen LogP contribution is 2.37. The molecule has 1 atom stereocenters. The van der Waals surface area contributed by atoms with Gasteiger partial charge in [0, 0.05) is 6.04 Å². The minimum atomic E-state index is 0.219. The zero-order valence-corrected chi connectivity index (χ0v) is 13.4. The second-order valence-corrected chi connectivity index (χ2v) is 5.55. The Morgan fingerprint density at radius 2 is 1.75 bits per heavy atom. The van der Waals surface area contributed by atoms with Crippen LogP contribution >= 0.6 is 34.8 Å². The molecule has 2 rings (SSSR count). The Bertz CT molecular complexity index is 616. The second kappa shape index (κ2) is 6.68. The Labute approximate surface area is 133 Å². The van der Waals surface area contributed by atoms with Gasteiger partial charge in [-0.05, 0) is 43.8 Å². The molecule has 0 aromatic heterocycles. The molecule has 0 aliphatic heterocycles. The lowest BCUT2D eigenvalue weighted by Gasteiger charge is -2.14. The summed E-state index contributed by atoms with van der Waals surface area (Å²) in [6.45, 7) is 2.06. The lowest BCUT2D eigenvalue weighted by molar-refractivity contribution is 0.482. The third-order valence-electron chi connectivity index (χ3n) is 3.03. The summed E-state index contributed by atoms with van der Waals surface area (Å²) in [4.78, 5) is 0. The maximum absolute atomic E-state index is 6.24. The molecule has 0 spiro atoms. The summed E-state index contributed by atoms with van der Waals surface area (Å²) in [6.07, 6.45) is 0. The van der Waals surface area contributed by atoms with Crippen LogP contribution < -0.4 is 10.1 Å². The van der Waals surface area contributed by atoms with E-state index in [2.05, 4.69) is 12.2 Å². The predicted molar refractivity (Wildman–Crippen MR) is 85.5 cm³/mol. The number of halogens is 3. The maximum Gasteiger partial charge on any atom is 0.147 e. The maximum atomic E-state index is 6.24. The Kier molecular flexibility index (Phi) is 5.17. The highest BCUT2D eigenvalue weighted by molar-refractivity contribution is 6.43. The normalized spacial score (nSPS) is 12.2. The van der Waals surface area contributed by atoms with Crippen LogP contribution in [-0.2, 0) is 0 Å². The van der Waals surface area contributed by atoms with Crippen molar-refractivity contribution in [1.82, 2.24) is 5.32 Å². The Hall–Kier alpha value is -0.930. The van der Waals surface area contributed by atoms with Gasteiger partial charge in [0.15, 0.2) is 0 Å². The Morgan fingerprint density at radius 1 is 1.00 bits per heavy atom. The molecule has 2 nitrogen and oxygen atoms in total. The first kappa shape index (κ1) is 15.5. The molecule has 0 amide bonds. The number of hydrogen-bond acceptors (Lipinski definition) is 2. The van der Waals surface area contributed by atoms with Crippen LogP contribution in [-0.4, -0.2) is 7.05 Å². The molecule has 5 heteroatoms. The molecule has 0 fully saturated rings. The Morgan fingerprint density at radius 3 is 2.40 bits per heavy atom. The van der Waals surface area contributed by atoms with Crippen molar-refractivity contribution in [3.63, 3.8) is 0 Å². The lowest BCUT2D eigenvalue weighted by Crippen LogP contribution is -2.12. The van der Waals surface area contributed by atoms with Gasteiger partial charge < -0.3 is 10.1 Å². The lowest BCUT2D eigenvalue weighted by atomic mass is 10.1. The number of nitrogens with one attached hydrogen (secondary N) is 1. The number of rotatable bonds is 4. The summed E-state index contributed by atoms with van der Waals surface area (Å²) in [5.74, 6) is 1.03. The van der Waals surface area contributed by atoms with E-state index in [1.54, 1.807) is 18.2 Å². The van der Waals surface area contributed by atoms with Crippen molar-refractivity contribution < 1.29 is 4.74 Å². The minimum absolute atomic E-state index is 0.219. The molecule has 0 saturated heterocycles. The average Bonchev–Trinajstić information content (AvgIpc) is 2.45. The summed E-state index contributed by atoms with van der Waals surface area (Å²) in [5, 5.41) is 4.50. The highest BCUT2D eigenvalue weighted by atomic mass is 35.5. The van der Waals surface area contributed by atoms with Crippen molar-refractivity contribution in [2.45, 2.75) is 13.0 Å². The summed E-state index contributed by atoms with van der Waals surface area (Å²) >= 11 is 18.3. The van der Waals surface area contributed by atoms with E-state index < -0.39 is 0 Å². The van der Waals surface area contributed by atoms with E-state index in [0.717, 1.165) is 5.56 Å². The zero-order valence-electron chi connectivity index (χ0n) is 11.1. The summed E-state index contributed by atoms with van der Waals surface area (Å²) in [5.41, 5.74) is 1.09. The van der Waals surface area contributed by atoms with Crippen LogP contribution in [0.25, 0.3) is 0 Å². The van der Waals surface area contributed by atoms with E-state index in [9.17, 15) is 0 Å². The molecule has 1 N–H and O–H groups in total. The van der Waals surface area contributed by atoms with Crippen LogP contribution in [0.5, 0.6) is 11.5 Å². The molecule has 0 saturated carbocycles. The SMILES string of the molecule is CNC(C)c1ccc(Oc2cccc(Cl)c2Cl)c(Cl)c1. The van der Waals surface area contributed by atoms with Crippen LogP contribution in [0, 0.1) is 0 Å². The molecular weight excluding hydrogens is 317 g/mol. The molecule has 1 unspecified atom stereocenters. The van der Waals surface area contributed by atoms with Crippen LogP contribution in [0.4, 0.5) is 0 Å². The van der Waals surface area contributed by atoms with Crippen LogP contribution in [0.1, 0.15) is 18.5 Å². The fraction of sp³-hybridized carbons (Fsp3) is 0.200. The monoisotopic (exact) mass is 329 g/mol. The second-order valence-electron chi connectivity index (χ2n) is 4.35. The summed E-state index contributed by atoms with van der Waals surface area (Å²) in [6, 6.07) is 11.1. The van der Waals surface area contributed by atoms with Crippen LogP contribution in [0.3, 0.4) is 0 Å². The molecule has 0 radical (unpaired) electrons. The molecule has 0 bridgehead atoms. The smallest absolute Gasteiger partial charge is 0.147 e. The van der Waals surface area contributed by atoms with Crippen molar-refractivity contribution in [3.05, 3.63) is 57.0 Å². The zero-order chi connectivity index (χ0) is 14.7. The van der Waals surface area contributed by atoms with Crippen LogP contribution in [0.15, 0.2) is 36.4 Å². The molecule has 2 aromatic rings. The fourth-order valence-corrected chi connectivity index (χ4v) is 2.28. The van der Waals surface area contributed by atoms with Crippen molar-refractivity contribution in [1.29, 1.82) is 0 Å². The third-order valence-corrected chi connectivity index (χ3v) is 4.12. The first-order chi connectivity index (χ1) is 9.52. The van der Waals surface area contributed by atoms with Gasteiger partial charge in [0.25, 0.3) is 0 Å². The first-order valence-corrected chi connectivity index (χ1v) is 7.25. The van der Waals surface area contributed by atoms with Gasteiger partial charge in [-0.15, -0.1) is 0 Å². The van der Waals surface area contributed by atoms with Gasteiger partial charge in [0.2, 0.25) is 0 Å². The predicted octanol–water partition coefficient (Wildman–Crippen LogP) is 5.72. The van der Waals surface area contributed by atoms with E-state index in [0.29, 0.717) is 26.6 Å². The Balaban J connectivity index is 2.28. The van der Waals surface area contributed by atoms with Gasteiger partial charge in [-0.1, -0.05) is 46.9 Å². The van der Waals surface area contributed by atoms with E-state index in [-0.39, 0.29) is 6.04 Å².